The topological polar surface area (TPSA) is 48.5 Å². The lowest BCUT2D eigenvalue weighted by molar-refractivity contribution is -0.120. The van der Waals surface area contributed by atoms with Crippen LogP contribution in [0.1, 0.15) is 51.3 Å². The summed E-state index contributed by atoms with van der Waals surface area (Å²) in [4.78, 5) is 21.3. The third kappa shape index (κ3) is 3.92. The third-order valence-corrected chi connectivity index (χ3v) is 6.13. The van der Waals surface area contributed by atoms with Crippen molar-refractivity contribution < 1.29 is 13.6 Å². The zero-order valence-electron chi connectivity index (χ0n) is 17.0. The van der Waals surface area contributed by atoms with Crippen molar-refractivity contribution in [1.29, 1.82) is 0 Å². The quantitative estimate of drug-likeness (QED) is 0.837. The Morgan fingerprint density at radius 1 is 1.39 bits per heavy atom. The molecule has 154 valence electrons. The fraction of sp³-hybridized carbons (Fsp3) is 0.714. The molecule has 1 N–H and O–H groups in total. The van der Waals surface area contributed by atoms with Gasteiger partial charge in [0.2, 0.25) is 5.91 Å². The number of nitrogens with zero attached hydrogens (tertiary/aromatic N) is 3. The van der Waals surface area contributed by atoms with Crippen molar-refractivity contribution in [2.24, 2.45) is 5.92 Å². The smallest absolute Gasteiger partial charge is 0.275 e. The van der Waals surface area contributed by atoms with E-state index in [2.05, 4.69) is 22.1 Å². The van der Waals surface area contributed by atoms with Gasteiger partial charge in [-0.15, -0.1) is 0 Å². The molecule has 1 atom stereocenters. The Bertz CT molecular complexity index is 763. The van der Waals surface area contributed by atoms with Gasteiger partial charge >= 0.3 is 0 Å². The predicted octanol–water partition coefficient (Wildman–Crippen LogP) is 2.89. The highest BCUT2D eigenvalue weighted by Gasteiger charge is 2.43. The molecular weight excluding hydrogens is 362 g/mol. The summed E-state index contributed by atoms with van der Waals surface area (Å²) in [6.07, 6.45) is 2.96. The lowest BCUT2D eigenvalue weighted by atomic mass is 9.91. The number of pyridine rings is 1. The first-order valence-electron chi connectivity index (χ1n) is 10.3. The molecule has 0 bridgehead atoms. The number of hydrogen-bond donors (Lipinski definition) is 1. The van der Waals surface area contributed by atoms with Crippen LogP contribution in [0.2, 0.25) is 0 Å². The fourth-order valence-electron chi connectivity index (χ4n) is 4.39. The van der Waals surface area contributed by atoms with E-state index in [0.29, 0.717) is 24.8 Å². The van der Waals surface area contributed by atoms with Gasteiger partial charge in [-0.2, -0.15) is 0 Å². The number of carbonyl (C=O) groups is 1. The van der Waals surface area contributed by atoms with Crippen LogP contribution < -0.4 is 10.2 Å². The van der Waals surface area contributed by atoms with Crippen molar-refractivity contribution in [3.8, 4) is 0 Å². The summed E-state index contributed by atoms with van der Waals surface area (Å²) >= 11 is 0. The Balaban J connectivity index is 1.57. The molecular formula is C21H30F2N4O. The molecule has 2 fully saturated rings. The van der Waals surface area contributed by atoms with Crippen LogP contribution in [0.15, 0.2) is 12.3 Å². The molecule has 1 aliphatic carbocycles. The number of nitrogens with one attached hydrogen (secondary N) is 1. The highest BCUT2D eigenvalue weighted by Crippen LogP contribution is 2.46. The Hall–Kier alpha value is -1.60. The second kappa shape index (κ2) is 7.02. The van der Waals surface area contributed by atoms with Crippen molar-refractivity contribution in [3.63, 3.8) is 0 Å². The number of aromatic nitrogens is 1. The minimum Gasteiger partial charge on any atom is -0.312 e. The van der Waals surface area contributed by atoms with E-state index >= 15 is 0 Å². The number of anilines is 1. The van der Waals surface area contributed by atoms with Gasteiger partial charge < -0.3 is 10.2 Å². The van der Waals surface area contributed by atoms with E-state index in [1.165, 1.54) is 12.3 Å². The van der Waals surface area contributed by atoms with Gasteiger partial charge in [0.15, 0.2) is 0 Å². The maximum absolute atomic E-state index is 14.7. The first-order valence-corrected chi connectivity index (χ1v) is 10.3. The van der Waals surface area contributed by atoms with Gasteiger partial charge in [0, 0.05) is 55.8 Å². The summed E-state index contributed by atoms with van der Waals surface area (Å²) in [5, 5.41) is 3.37. The van der Waals surface area contributed by atoms with E-state index in [-0.39, 0.29) is 29.2 Å². The normalized spacial score (nSPS) is 25.0. The van der Waals surface area contributed by atoms with Crippen molar-refractivity contribution in [2.45, 2.75) is 57.4 Å². The van der Waals surface area contributed by atoms with E-state index in [0.717, 1.165) is 38.2 Å². The van der Waals surface area contributed by atoms with Gasteiger partial charge in [0.1, 0.15) is 0 Å². The van der Waals surface area contributed by atoms with Gasteiger partial charge in [-0.3, -0.25) is 14.7 Å². The first kappa shape index (κ1) is 19.7. The molecule has 3 heterocycles. The van der Waals surface area contributed by atoms with E-state index in [1.54, 1.807) is 4.90 Å². The third-order valence-electron chi connectivity index (χ3n) is 6.13. The molecule has 5 nitrogen and oxygen atoms in total. The SMILES string of the molecule is CC1CN(CC(=O)N2CC(C)(C)c3ncc(C(F)(F)CC4CC4)cc32)CCN1. The van der Waals surface area contributed by atoms with Gasteiger partial charge in [-0.25, -0.2) is 8.78 Å². The van der Waals surface area contributed by atoms with Crippen LogP contribution in [0.3, 0.4) is 0 Å². The predicted molar refractivity (Wildman–Crippen MR) is 105 cm³/mol. The number of carbonyl (C=O) groups excluding carboxylic acids is 1. The van der Waals surface area contributed by atoms with E-state index < -0.39 is 5.92 Å². The van der Waals surface area contributed by atoms with Crippen LogP contribution in [0.5, 0.6) is 0 Å². The second-order valence-electron chi connectivity index (χ2n) is 9.40. The van der Waals surface area contributed by atoms with E-state index in [9.17, 15) is 13.6 Å². The summed E-state index contributed by atoms with van der Waals surface area (Å²) in [5.41, 5.74) is 0.891. The van der Waals surface area contributed by atoms with Gasteiger partial charge in [-0.1, -0.05) is 13.8 Å². The van der Waals surface area contributed by atoms with Crippen LogP contribution in [-0.2, 0) is 16.1 Å². The second-order valence-corrected chi connectivity index (χ2v) is 9.40. The standard InChI is InChI=1S/C21H30F2N4O/c1-14-11-26(7-6-24-14)12-18(28)27-13-20(2,3)19-17(27)8-16(10-25-19)21(22,23)9-15-4-5-15/h8,10,14-15,24H,4-7,9,11-13H2,1-3H3. The summed E-state index contributed by atoms with van der Waals surface area (Å²) in [6.45, 7) is 9.41. The molecule has 1 aromatic heterocycles. The minimum atomic E-state index is -2.89. The lowest BCUT2D eigenvalue weighted by Gasteiger charge is -2.32. The van der Waals surface area contributed by atoms with Crippen LogP contribution >= 0.6 is 0 Å². The highest BCUT2D eigenvalue weighted by molar-refractivity contribution is 5.97. The lowest BCUT2D eigenvalue weighted by Crippen LogP contribution is -2.52. The average Bonchev–Trinajstić information content (AvgIpc) is 3.37. The molecule has 0 spiro atoms. The summed E-state index contributed by atoms with van der Waals surface area (Å²) in [5.74, 6) is -2.81. The molecule has 28 heavy (non-hydrogen) atoms. The fourth-order valence-corrected chi connectivity index (χ4v) is 4.39. The minimum absolute atomic E-state index is 0.0367. The molecule has 1 unspecified atom stereocenters. The Morgan fingerprint density at radius 2 is 2.14 bits per heavy atom. The zero-order valence-corrected chi connectivity index (χ0v) is 17.0. The van der Waals surface area contributed by atoms with Crippen LogP contribution in [0, 0.1) is 5.92 Å². The molecule has 1 aromatic rings. The first-order chi connectivity index (χ1) is 13.2. The Kier molecular flexibility index (Phi) is 4.94. The van der Waals surface area contributed by atoms with Crippen molar-refractivity contribution >= 4 is 11.6 Å². The number of fused-ring (bicyclic) bond motifs is 1. The van der Waals surface area contributed by atoms with Gasteiger partial charge in [0.05, 0.1) is 17.9 Å². The molecule has 7 heteroatoms. The molecule has 1 amide bonds. The number of hydrogen-bond acceptors (Lipinski definition) is 4. The molecule has 0 radical (unpaired) electrons. The van der Waals surface area contributed by atoms with Crippen molar-refractivity contribution in [2.75, 3.05) is 37.6 Å². The van der Waals surface area contributed by atoms with Crippen molar-refractivity contribution in [1.82, 2.24) is 15.2 Å². The van der Waals surface area contributed by atoms with Crippen LogP contribution in [0.25, 0.3) is 0 Å². The number of halogens is 2. The summed E-state index contributed by atoms with van der Waals surface area (Å²) in [7, 11) is 0. The largest absolute Gasteiger partial charge is 0.312 e. The molecule has 1 saturated heterocycles. The summed E-state index contributed by atoms with van der Waals surface area (Å²) in [6, 6.07) is 1.86. The average molecular weight is 392 g/mol. The van der Waals surface area contributed by atoms with Gasteiger partial charge in [-0.05, 0) is 31.7 Å². The molecule has 1 saturated carbocycles. The molecule has 3 aliphatic rings. The monoisotopic (exact) mass is 392 g/mol. The number of rotatable bonds is 5. The van der Waals surface area contributed by atoms with Gasteiger partial charge in [0.25, 0.3) is 5.92 Å². The van der Waals surface area contributed by atoms with Crippen molar-refractivity contribution in [3.05, 3.63) is 23.5 Å². The summed E-state index contributed by atoms with van der Waals surface area (Å²) < 4.78 is 29.4. The number of amides is 1. The Morgan fingerprint density at radius 3 is 2.82 bits per heavy atom. The highest BCUT2D eigenvalue weighted by atomic mass is 19.3. The van der Waals surface area contributed by atoms with E-state index in [4.69, 9.17) is 0 Å². The van der Waals surface area contributed by atoms with Crippen LogP contribution in [-0.4, -0.2) is 54.6 Å². The number of piperazine rings is 1. The van der Waals surface area contributed by atoms with E-state index in [1.807, 2.05) is 13.8 Å². The maximum Gasteiger partial charge on any atom is 0.275 e. The molecule has 0 aromatic carbocycles. The zero-order chi connectivity index (χ0) is 20.1. The Labute approximate surface area is 165 Å². The number of alkyl halides is 2. The maximum atomic E-state index is 14.7. The molecule has 4 rings (SSSR count). The molecule has 2 aliphatic heterocycles. The van der Waals surface area contributed by atoms with Crippen LogP contribution in [0.4, 0.5) is 14.5 Å².